The van der Waals surface area contributed by atoms with Crippen LogP contribution in [0, 0.1) is 0 Å². The van der Waals surface area contributed by atoms with Crippen LogP contribution in [0.3, 0.4) is 0 Å². The molecule has 1 N–H and O–H groups in total. The Hall–Kier alpha value is -1.03. The van der Waals surface area contributed by atoms with Gasteiger partial charge in [-0.2, -0.15) is 0 Å². The molecule has 1 rings (SSSR count). The van der Waals surface area contributed by atoms with E-state index in [2.05, 4.69) is 5.09 Å². The Kier molecular flexibility index (Phi) is 6.53. The van der Waals surface area contributed by atoms with Gasteiger partial charge >= 0.3 is 12.8 Å². The standard InChI is InChI=1S/C13H19ClNO4P/c1-4-10(2)18-13(16)11(3)15-20(14,17)19-12-8-6-5-7-9-12/h5-11H,4H2,1-3H3,(H,15,17)/t10?,11-,20?/m0/s1. The number of nitrogens with one attached hydrogen (secondary N) is 1. The van der Waals surface area contributed by atoms with E-state index in [4.69, 9.17) is 20.5 Å². The second kappa shape index (κ2) is 7.67. The molecule has 0 heterocycles. The van der Waals surface area contributed by atoms with Crippen molar-refractivity contribution in [2.24, 2.45) is 0 Å². The number of hydrogen-bond donors (Lipinski definition) is 1. The number of carbonyl (C=O) groups excluding carboxylic acids is 1. The fraction of sp³-hybridized carbons (Fsp3) is 0.462. The average molecular weight is 320 g/mol. The molecule has 1 aromatic carbocycles. The van der Waals surface area contributed by atoms with Crippen molar-refractivity contribution < 1.29 is 18.6 Å². The summed E-state index contributed by atoms with van der Waals surface area (Å²) >= 11 is 5.79. The van der Waals surface area contributed by atoms with E-state index >= 15 is 0 Å². The first-order valence-corrected chi connectivity index (χ1v) is 8.89. The minimum Gasteiger partial charge on any atom is -0.462 e. The molecule has 0 saturated heterocycles. The van der Waals surface area contributed by atoms with Crippen LogP contribution in [0.15, 0.2) is 30.3 Å². The van der Waals surface area contributed by atoms with Gasteiger partial charge < -0.3 is 9.26 Å². The lowest BCUT2D eigenvalue weighted by Gasteiger charge is -2.19. The zero-order chi connectivity index (χ0) is 15.2. The van der Waals surface area contributed by atoms with Gasteiger partial charge in [-0.25, -0.2) is 9.65 Å². The van der Waals surface area contributed by atoms with Gasteiger partial charge in [0.15, 0.2) is 0 Å². The zero-order valence-corrected chi connectivity index (χ0v) is 13.4. The summed E-state index contributed by atoms with van der Waals surface area (Å²) in [7, 11) is 0. The van der Waals surface area contributed by atoms with Crippen LogP contribution < -0.4 is 9.61 Å². The Balaban J connectivity index is 2.57. The van der Waals surface area contributed by atoms with Gasteiger partial charge in [0, 0.05) is 11.2 Å². The SMILES string of the molecule is CCC(C)OC(=O)[C@H](C)NP(=O)(Cl)Oc1ccccc1. The maximum absolute atomic E-state index is 12.1. The van der Waals surface area contributed by atoms with Gasteiger partial charge in [-0.15, -0.1) is 0 Å². The average Bonchev–Trinajstić information content (AvgIpc) is 2.38. The van der Waals surface area contributed by atoms with Gasteiger partial charge in [0.2, 0.25) is 0 Å². The lowest BCUT2D eigenvalue weighted by atomic mass is 10.3. The first kappa shape index (κ1) is 17.0. The molecule has 20 heavy (non-hydrogen) atoms. The second-order valence-corrected chi connectivity index (χ2v) is 7.13. The number of esters is 1. The van der Waals surface area contributed by atoms with Crippen LogP contribution in [0.1, 0.15) is 27.2 Å². The van der Waals surface area contributed by atoms with Crippen molar-refractivity contribution in [3.8, 4) is 5.75 Å². The fourth-order valence-corrected chi connectivity index (χ4v) is 3.00. The van der Waals surface area contributed by atoms with Gasteiger partial charge in [0.25, 0.3) is 0 Å². The number of hydrogen-bond acceptors (Lipinski definition) is 4. The molecule has 7 heteroatoms. The summed E-state index contributed by atoms with van der Waals surface area (Å²) in [4.78, 5) is 11.7. The minimum atomic E-state index is -3.65. The van der Waals surface area contributed by atoms with Crippen LogP contribution in [0.25, 0.3) is 0 Å². The van der Waals surface area contributed by atoms with Crippen LogP contribution in [-0.2, 0) is 14.1 Å². The van der Waals surface area contributed by atoms with E-state index in [1.165, 1.54) is 6.92 Å². The van der Waals surface area contributed by atoms with E-state index in [-0.39, 0.29) is 6.10 Å². The molecule has 0 radical (unpaired) electrons. The molecular formula is C13H19ClNO4P. The Bertz CT molecular complexity index is 483. The summed E-state index contributed by atoms with van der Waals surface area (Å²) in [6.45, 7) is 1.55. The smallest absolute Gasteiger partial charge is 0.409 e. The van der Waals surface area contributed by atoms with Crippen molar-refractivity contribution in [2.45, 2.75) is 39.3 Å². The molecule has 0 aliphatic heterocycles. The van der Waals surface area contributed by atoms with Crippen molar-refractivity contribution in [3.63, 3.8) is 0 Å². The van der Waals surface area contributed by atoms with Crippen LogP contribution in [-0.4, -0.2) is 18.1 Å². The summed E-state index contributed by atoms with van der Waals surface area (Å²) in [6.07, 6.45) is 0.508. The van der Waals surface area contributed by atoms with Gasteiger partial charge in [0.1, 0.15) is 11.8 Å². The van der Waals surface area contributed by atoms with Crippen molar-refractivity contribution in [3.05, 3.63) is 30.3 Å². The van der Waals surface area contributed by atoms with Crippen LogP contribution in [0.4, 0.5) is 0 Å². The number of benzene rings is 1. The third kappa shape index (κ3) is 5.95. The Morgan fingerprint density at radius 2 is 1.95 bits per heavy atom. The zero-order valence-electron chi connectivity index (χ0n) is 11.7. The van der Waals surface area contributed by atoms with Crippen LogP contribution >= 0.6 is 18.1 Å². The molecule has 0 aromatic heterocycles. The lowest BCUT2D eigenvalue weighted by Crippen LogP contribution is -2.35. The number of ether oxygens (including phenoxy) is 1. The molecule has 2 unspecified atom stereocenters. The minimum absolute atomic E-state index is 0.198. The lowest BCUT2D eigenvalue weighted by molar-refractivity contribution is -0.149. The normalized spacial score (nSPS) is 16.8. The molecule has 5 nitrogen and oxygen atoms in total. The Labute approximate surface area is 123 Å². The Morgan fingerprint density at radius 1 is 1.35 bits per heavy atom. The quantitative estimate of drug-likeness (QED) is 0.612. The molecule has 0 aliphatic carbocycles. The van der Waals surface area contributed by atoms with E-state index in [1.54, 1.807) is 37.3 Å². The molecule has 112 valence electrons. The molecular weight excluding hydrogens is 301 g/mol. The molecule has 1 aromatic rings. The third-order valence-corrected chi connectivity index (χ3v) is 4.20. The van der Waals surface area contributed by atoms with E-state index in [0.29, 0.717) is 12.2 Å². The van der Waals surface area contributed by atoms with Crippen LogP contribution in [0.2, 0.25) is 0 Å². The molecule has 0 fully saturated rings. The maximum atomic E-state index is 12.1. The van der Waals surface area contributed by atoms with Gasteiger partial charge in [-0.3, -0.25) is 4.79 Å². The second-order valence-electron chi connectivity index (χ2n) is 4.39. The largest absolute Gasteiger partial charge is 0.462 e. The molecule has 3 atom stereocenters. The predicted molar refractivity (Wildman–Crippen MR) is 79.0 cm³/mol. The number of halogens is 1. The highest BCUT2D eigenvalue weighted by Gasteiger charge is 2.28. The number of carbonyl (C=O) groups is 1. The predicted octanol–water partition coefficient (Wildman–Crippen LogP) is 3.73. The first-order chi connectivity index (χ1) is 9.34. The Morgan fingerprint density at radius 3 is 2.50 bits per heavy atom. The van der Waals surface area contributed by atoms with Gasteiger partial charge in [0.05, 0.1) is 6.10 Å². The van der Waals surface area contributed by atoms with E-state index < -0.39 is 18.9 Å². The molecule has 0 bridgehead atoms. The van der Waals surface area contributed by atoms with Crippen LogP contribution in [0.5, 0.6) is 5.75 Å². The highest BCUT2D eigenvalue weighted by Crippen LogP contribution is 2.48. The fourth-order valence-electron chi connectivity index (χ4n) is 1.31. The van der Waals surface area contributed by atoms with Gasteiger partial charge in [-0.1, -0.05) is 25.1 Å². The first-order valence-electron chi connectivity index (χ1n) is 6.36. The van der Waals surface area contributed by atoms with Crippen molar-refractivity contribution in [2.75, 3.05) is 0 Å². The molecule has 0 spiro atoms. The van der Waals surface area contributed by atoms with Crippen molar-refractivity contribution >= 4 is 24.1 Å². The highest BCUT2D eigenvalue weighted by atomic mass is 35.7. The summed E-state index contributed by atoms with van der Waals surface area (Å²) in [5.41, 5.74) is 0. The van der Waals surface area contributed by atoms with Crippen molar-refractivity contribution in [1.29, 1.82) is 0 Å². The van der Waals surface area contributed by atoms with Gasteiger partial charge in [-0.05, 0) is 32.4 Å². The monoisotopic (exact) mass is 319 g/mol. The van der Waals surface area contributed by atoms with E-state index in [9.17, 15) is 9.36 Å². The van der Waals surface area contributed by atoms with E-state index in [1.807, 2.05) is 6.92 Å². The van der Waals surface area contributed by atoms with E-state index in [0.717, 1.165) is 0 Å². The summed E-state index contributed by atoms with van der Waals surface area (Å²) in [5, 5.41) is 2.46. The summed E-state index contributed by atoms with van der Waals surface area (Å²) in [5.74, 6) is -0.155. The third-order valence-electron chi connectivity index (χ3n) is 2.56. The summed E-state index contributed by atoms with van der Waals surface area (Å²) in [6, 6.07) is 7.68. The number of rotatable bonds is 7. The number of para-hydroxylation sites is 1. The topological polar surface area (TPSA) is 64.6 Å². The molecule has 0 saturated carbocycles. The van der Waals surface area contributed by atoms with Crippen molar-refractivity contribution in [1.82, 2.24) is 5.09 Å². The summed E-state index contributed by atoms with van der Waals surface area (Å²) < 4.78 is 22.4. The molecule has 0 amide bonds. The molecule has 0 aliphatic rings. The highest BCUT2D eigenvalue weighted by molar-refractivity contribution is 7.84. The maximum Gasteiger partial charge on any atom is 0.409 e.